The van der Waals surface area contributed by atoms with Gasteiger partial charge >= 0.3 is 6.08 Å². The number of thiazole rings is 1. The maximum absolute atomic E-state index is 12.5. The minimum atomic E-state index is -2.40. The van der Waals surface area contributed by atoms with E-state index >= 15 is 0 Å². The van der Waals surface area contributed by atoms with Gasteiger partial charge in [-0.1, -0.05) is 0 Å². The van der Waals surface area contributed by atoms with Crippen molar-refractivity contribution in [1.82, 2.24) is 4.98 Å². The van der Waals surface area contributed by atoms with E-state index in [9.17, 15) is 22.6 Å². The van der Waals surface area contributed by atoms with Gasteiger partial charge in [0.25, 0.3) is 0 Å². The molecule has 1 unspecified atom stereocenters. The van der Waals surface area contributed by atoms with Crippen molar-refractivity contribution < 1.29 is 22.1 Å². The zero-order valence-electron chi connectivity index (χ0n) is 9.23. The molecule has 0 spiro atoms. The predicted octanol–water partition coefficient (Wildman–Crippen LogP) is 2.28. The molecule has 0 N–H and O–H groups in total. The third-order valence-electron chi connectivity index (χ3n) is 1.72. The summed E-state index contributed by atoms with van der Waals surface area (Å²) in [6.45, 7) is 0. The highest BCUT2D eigenvalue weighted by Gasteiger charge is 2.13. The van der Waals surface area contributed by atoms with Crippen LogP contribution < -0.4 is 0 Å². The first-order valence-electron chi connectivity index (χ1n) is 4.68. The molecular weight excluding hydrogens is 289 g/mol. The van der Waals surface area contributed by atoms with E-state index in [-0.39, 0.29) is 10.1 Å². The van der Waals surface area contributed by atoms with Crippen molar-refractivity contribution >= 4 is 28.4 Å². The van der Waals surface area contributed by atoms with Crippen LogP contribution in [0.5, 0.6) is 0 Å². The van der Waals surface area contributed by atoms with Crippen LogP contribution in [0.25, 0.3) is 0 Å². The Hall–Kier alpha value is -1.22. The molecule has 1 aromatic heterocycles. The zero-order chi connectivity index (χ0) is 13.7. The molecule has 18 heavy (non-hydrogen) atoms. The van der Waals surface area contributed by atoms with Gasteiger partial charge < -0.3 is 5.21 Å². The first-order chi connectivity index (χ1) is 8.40. The lowest BCUT2D eigenvalue weighted by Crippen LogP contribution is -2.01. The topological polar surface area (TPSA) is 56.0 Å². The van der Waals surface area contributed by atoms with E-state index in [2.05, 4.69) is 4.98 Å². The Morgan fingerprint density at radius 3 is 2.83 bits per heavy atom. The fraction of sp³-hybridized carbons (Fsp3) is 0.333. The third-order valence-corrected chi connectivity index (χ3v) is 4.28. The third kappa shape index (κ3) is 4.57. The van der Waals surface area contributed by atoms with Crippen LogP contribution in [0.3, 0.4) is 0 Å². The standard InChI is InChI=1S/C9H9F3N2O2S2/c1-14(15)4-6-5-17-9(13-6)18(16)3-2-7(10)8(11)12/h4-5H,2-3H2,1H3/b14-4-. The number of halogens is 3. The van der Waals surface area contributed by atoms with Crippen LogP contribution in [0.4, 0.5) is 13.2 Å². The van der Waals surface area contributed by atoms with E-state index in [4.69, 9.17) is 0 Å². The molecule has 0 bridgehead atoms. The van der Waals surface area contributed by atoms with Gasteiger partial charge in [0.05, 0.1) is 10.8 Å². The quantitative estimate of drug-likeness (QED) is 0.363. The van der Waals surface area contributed by atoms with Gasteiger partial charge in [-0.2, -0.15) is 8.78 Å². The maximum atomic E-state index is 12.5. The molecule has 0 amide bonds. The van der Waals surface area contributed by atoms with Crippen LogP contribution in [-0.4, -0.2) is 32.9 Å². The normalized spacial score (nSPS) is 13.4. The van der Waals surface area contributed by atoms with Crippen molar-refractivity contribution in [3.8, 4) is 0 Å². The minimum absolute atomic E-state index is 0.176. The molecule has 4 nitrogen and oxygen atoms in total. The van der Waals surface area contributed by atoms with E-state index in [0.29, 0.717) is 10.4 Å². The van der Waals surface area contributed by atoms with Gasteiger partial charge in [0.1, 0.15) is 12.7 Å². The lowest BCUT2D eigenvalue weighted by atomic mass is 10.4. The molecule has 0 aromatic carbocycles. The lowest BCUT2D eigenvalue weighted by molar-refractivity contribution is -0.416. The first kappa shape index (κ1) is 14.8. The molecule has 0 radical (unpaired) electrons. The van der Waals surface area contributed by atoms with Crippen molar-refractivity contribution in [2.75, 3.05) is 12.8 Å². The number of nitrogens with zero attached hydrogens (tertiary/aromatic N) is 2. The summed E-state index contributed by atoms with van der Waals surface area (Å²) >= 11 is 1.03. The van der Waals surface area contributed by atoms with Gasteiger partial charge in [-0.05, 0) is 0 Å². The number of hydroxylamine groups is 1. The predicted molar refractivity (Wildman–Crippen MR) is 63.1 cm³/mol. The van der Waals surface area contributed by atoms with Gasteiger partial charge in [-0.3, -0.25) is 4.21 Å². The fourth-order valence-corrected chi connectivity index (χ4v) is 3.05. The summed E-state index contributed by atoms with van der Waals surface area (Å²) < 4.78 is 48.4. The summed E-state index contributed by atoms with van der Waals surface area (Å²) in [7, 11) is -0.391. The molecule has 1 rings (SSSR count). The van der Waals surface area contributed by atoms with Crippen LogP contribution in [0.1, 0.15) is 12.1 Å². The average Bonchev–Trinajstić information content (AvgIpc) is 2.72. The van der Waals surface area contributed by atoms with Crippen molar-refractivity contribution in [3.63, 3.8) is 0 Å². The zero-order valence-corrected chi connectivity index (χ0v) is 10.9. The monoisotopic (exact) mass is 298 g/mol. The summed E-state index contributed by atoms with van der Waals surface area (Å²) in [5, 5.41) is 12.2. The molecule has 0 saturated heterocycles. The van der Waals surface area contributed by atoms with Gasteiger partial charge in [0.2, 0.25) is 6.21 Å². The second kappa shape index (κ2) is 6.64. The second-order valence-corrected chi connectivity index (χ2v) is 5.78. The Morgan fingerprint density at radius 2 is 2.28 bits per heavy atom. The molecule has 0 fully saturated rings. The summed E-state index contributed by atoms with van der Waals surface area (Å²) in [6.07, 6.45) is -1.82. The number of aromatic nitrogens is 1. The number of rotatable bonds is 5. The van der Waals surface area contributed by atoms with E-state index in [1.54, 1.807) is 0 Å². The second-order valence-electron chi connectivity index (χ2n) is 3.18. The Kier molecular flexibility index (Phi) is 5.48. The Balaban J connectivity index is 2.66. The van der Waals surface area contributed by atoms with Crippen LogP contribution >= 0.6 is 11.3 Å². The van der Waals surface area contributed by atoms with Crippen LogP contribution in [0.2, 0.25) is 0 Å². The molecule has 9 heteroatoms. The van der Waals surface area contributed by atoms with Crippen LogP contribution in [-0.2, 0) is 10.8 Å². The Bertz CT molecular complexity index is 506. The molecule has 0 saturated carbocycles. The minimum Gasteiger partial charge on any atom is -0.624 e. The lowest BCUT2D eigenvalue weighted by Gasteiger charge is -1.96. The number of allylic oxidation sites excluding steroid dienone is 1. The highest BCUT2D eigenvalue weighted by molar-refractivity contribution is 7.87. The average molecular weight is 298 g/mol. The smallest absolute Gasteiger partial charge is 0.301 e. The van der Waals surface area contributed by atoms with E-state index < -0.39 is 29.1 Å². The first-order valence-corrected chi connectivity index (χ1v) is 6.88. The van der Waals surface area contributed by atoms with Crippen LogP contribution in [0, 0.1) is 5.21 Å². The molecule has 0 aliphatic carbocycles. The summed E-state index contributed by atoms with van der Waals surface area (Å²) in [4.78, 5) is 3.87. The van der Waals surface area contributed by atoms with Crippen molar-refractivity contribution in [1.29, 1.82) is 0 Å². The summed E-state index contributed by atoms with van der Waals surface area (Å²) in [5.74, 6) is -1.84. The molecule has 100 valence electrons. The van der Waals surface area contributed by atoms with Gasteiger partial charge in [0, 0.05) is 17.6 Å². The van der Waals surface area contributed by atoms with Crippen molar-refractivity contribution in [2.45, 2.75) is 10.8 Å². The Morgan fingerprint density at radius 1 is 1.61 bits per heavy atom. The summed E-state index contributed by atoms with van der Waals surface area (Å²) in [5.41, 5.74) is 0.327. The largest absolute Gasteiger partial charge is 0.624 e. The van der Waals surface area contributed by atoms with E-state index in [1.807, 2.05) is 0 Å². The maximum Gasteiger partial charge on any atom is 0.301 e. The van der Waals surface area contributed by atoms with Gasteiger partial charge in [-0.25, -0.2) is 14.1 Å². The van der Waals surface area contributed by atoms with Crippen molar-refractivity contribution in [2.24, 2.45) is 0 Å². The van der Waals surface area contributed by atoms with E-state index in [0.717, 1.165) is 11.3 Å². The van der Waals surface area contributed by atoms with Crippen molar-refractivity contribution in [3.05, 3.63) is 28.2 Å². The molecular formula is C9H9F3N2O2S2. The molecule has 1 aromatic rings. The molecule has 1 heterocycles. The molecule has 0 aliphatic rings. The molecule has 1 atom stereocenters. The SMILES string of the molecule is C/[N+]([O-])=C/c1csc(S(=O)CCC(F)=C(F)F)n1. The Labute approximate surface area is 108 Å². The number of hydrogen-bond donors (Lipinski definition) is 0. The highest BCUT2D eigenvalue weighted by atomic mass is 32.2. The van der Waals surface area contributed by atoms with E-state index in [1.165, 1.54) is 18.6 Å². The fourth-order valence-electron chi connectivity index (χ4n) is 0.983. The summed E-state index contributed by atoms with van der Waals surface area (Å²) in [6, 6.07) is 0. The molecule has 0 aliphatic heterocycles. The van der Waals surface area contributed by atoms with Gasteiger partial charge in [0.15, 0.2) is 10.2 Å². The number of hydrogen-bond acceptors (Lipinski definition) is 4. The van der Waals surface area contributed by atoms with Crippen LogP contribution in [0.15, 0.2) is 21.6 Å². The highest BCUT2D eigenvalue weighted by Crippen LogP contribution is 2.18. The van der Waals surface area contributed by atoms with Gasteiger partial charge in [-0.15, -0.1) is 11.3 Å².